The van der Waals surface area contributed by atoms with Crippen LogP contribution in [0.25, 0.3) is 10.8 Å². The number of carbonyl (C=O) groups excluding carboxylic acids is 1. The summed E-state index contributed by atoms with van der Waals surface area (Å²) >= 11 is 11.9. The van der Waals surface area contributed by atoms with Crippen LogP contribution in [0.5, 0.6) is 5.75 Å². The van der Waals surface area contributed by atoms with Crippen molar-refractivity contribution in [3.8, 4) is 5.75 Å². The molecule has 0 aliphatic carbocycles. The van der Waals surface area contributed by atoms with Gasteiger partial charge in [-0.2, -0.15) is 0 Å². The number of benzene rings is 2. The first-order valence-electron chi connectivity index (χ1n) is 7.40. The second-order valence-electron chi connectivity index (χ2n) is 5.37. The molecule has 25 heavy (non-hydrogen) atoms. The Morgan fingerprint density at radius 2 is 1.84 bits per heavy atom. The fourth-order valence-corrected chi connectivity index (χ4v) is 2.84. The first kappa shape index (κ1) is 17.3. The zero-order valence-electron chi connectivity index (χ0n) is 13.3. The van der Waals surface area contributed by atoms with Crippen molar-refractivity contribution < 1.29 is 9.53 Å². The Hall–Kier alpha value is -2.50. The number of amides is 1. The van der Waals surface area contributed by atoms with Crippen LogP contribution in [0.2, 0.25) is 10.0 Å². The van der Waals surface area contributed by atoms with Gasteiger partial charge in [0.05, 0.1) is 12.8 Å². The number of hydrogen-bond acceptors (Lipinski definition) is 3. The number of halogens is 2. The molecular formula is C18H14Cl2N2O3. The summed E-state index contributed by atoms with van der Waals surface area (Å²) in [5, 5.41) is 4.87. The van der Waals surface area contributed by atoms with Crippen molar-refractivity contribution in [3.63, 3.8) is 0 Å². The highest BCUT2D eigenvalue weighted by molar-refractivity contribution is 6.31. The molecule has 5 nitrogen and oxygen atoms in total. The maximum Gasteiger partial charge on any atom is 0.258 e. The lowest BCUT2D eigenvalue weighted by atomic mass is 10.2. The van der Waals surface area contributed by atoms with E-state index in [-0.39, 0.29) is 18.0 Å². The summed E-state index contributed by atoms with van der Waals surface area (Å²) in [4.78, 5) is 24.8. The van der Waals surface area contributed by atoms with E-state index in [1.54, 1.807) is 48.7 Å². The average molecular weight is 377 g/mol. The van der Waals surface area contributed by atoms with Gasteiger partial charge in [0.1, 0.15) is 12.3 Å². The lowest BCUT2D eigenvalue weighted by Gasteiger charge is -2.12. The molecule has 0 saturated carbocycles. The van der Waals surface area contributed by atoms with Gasteiger partial charge in [0.25, 0.3) is 5.56 Å². The molecule has 0 radical (unpaired) electrons. The number of rotatable bonds is 4. The van der Waals surface area contributed by atoms with Crippen molar-refractivity contribution in [1.29, 1.82) is 0 Å². The van der Waals surface area contributed by atoms with E-state index in [2.05, 4.69) is 5.32 Å². The number of pyridine rings is 1. The van der Waals surface area contributed by atoms with Crippen molar-refractivity contribution in [3.05, 3.63) is 69.1 Å². The van der Waals surface area contributed by atoms with E-state index < -0.39 is 0 Å². The van der Waals surface area contributed by atoms with Gasteiger partial charge in [0, 0.05) is 21.6 Å². The number of nitrogens with zero attached hydrogens (tertiary/aromatic N) is 1. The molecule has 0 fully saturated rings. The van der Waals surface area contributed by atoms with Crippen molar-refractivity contribution in [2.45, 2.75) is 6.54 Å². The van der Waals surface area contributed by atoms with Crippen LogP contribution < -0.4 is 15.6 Å². The highest BCUT2D eigenvalue weighted by Gasteiger charge is 2.11. The van der Waals surface area contributed by atoms with Crippen LogP contribution in [0, 0.1) is 0 Å². The Labute approximate surface area is 153 Å². The van der Waals surface area contributed by atoms with Gasteiger partial charge < -0.3 is 14.6 Å². The summed E-state index contributed by atoms with van der Waals surface area (Å²) in [6.45, 7) is -0.142. The minimum absolute atomic E-state index is 0.142. The van der Waals surface area contributed by atoms with Crippen molar-refractivity contribution in [1.82, 2.24) is 4.57 Å². The Kier molecular flexibility index (Phi) is 4.97. The second-order valence-corrected chi connectivity index (χ2v) is 6.25. The molecule has 1 amide bonds. The molecular weight excluding hydrogens is 363 g/mol. The van der Waals surface area contributed by atoms with Crippen LogP contribution in [-0.2, 0) is 11.3 Å². The number of hydrogen-bond donors (Lipinski definition) is 1. The van der Waals surface area contributed by atoms with E-state index in [0.29, 0.717) is 26.9 Å². The standard InChI is InChI=1S/C18H14Cl2N2O3/c1-25-16-5-4-13(20)9-15(16)21-17(23)10-22-7-6-11-2-3-12(19)8-14(11)18(22)24/h2-9H,10H2,1H3,(H,21,23). The van der Waals surface area contributed by atoms with E-state index in [4.69, 9.17) is 27.9 Å². The number of nitrogens with one attached hydrogen (secondary N) is 1. The van der Waals surface area contributed by atoms with Gasteiger partial charge in [-0.25, -0.2) is 0 Å². The molecule has 128 valence electrons. The van der Waals surface area contributed by atoms with Crippen LogP contribution in [0.1, 0.15) is 0 Å². The lowest BCUT2D eigenvalue weighted by Crippen LogP contribution is -2.27. The highest BCUT2D eigenvalue weighted by atomic mass is 35.5. The van der Waals surface area contributed by atoms with Crippen molar-refractivity contribution in [2.24, 2.45) is 0 Å². The Balaban J connectivity index is 1.86. The Morgan fingerprint density at radius 3 is 2.60 bits per heavy atom. The summed E-state index contributed by atoms with van der Waals surface area (Å²) in [7, 11) is 1.50. The first-order chi connectivity index (χ1) is 12.0. The molecule has 0 aliphatic rings. The molecule has 0 bridgehead atoms. The van der Waals surface area contributed by atoms with E-state index in [0.717, 1.165) is 5.39 Å². The topological polar surface area (TPSA) is 60.3 Å². The van der Waals surface area contributed by atoms with Gasteiger partial charge in [-0.15, -0.1) is 0 Å². The van der Waals surface area contributed by atoms with E-state index in [1.165, 1.54) is 11.7 Å². The number of methoxy groups -OCH3 is 1. The molecule has 1 heterocycles. The van der Waals surface area contributed by atoms with Crippen LogP contribution in [0.4, 0.5) is 5.69 Å². The molecule has 1 aromatic heterocycles. The number of carbonyl (C=O) groups is 1. The van der Waals surface area contributed by atoms with Crippen LogP contribution >= 0.6 is 23.2 Å². The van der Waals surface area contributed by atoms with E-state index in [1.807, 2.05) is 0 Å². The molecule has 0 aliphatic heterocycles. The number of ether oxygens (including phenoxy) is 1. The molecule has 0 spiro atoms. The van der Waals surface area contributed by atoms with Gasteiger partial charge in [-0.05, 0) is 41.8 Å². The number of fused-ring (bicyclic) bond motifs is 1. The smallest absolute Gasteiger partial charge is 0.258 e. The number of anilines is 1. The molecule has 0 unspecified atom stereocenters. The van der Waals surface area contributed by atoms with Gasteiger partial charge >= 0.3 is 0 Å². The van der Waals surface area contributed by atoms with Crippen LogP contribution in [0.15, 0.2) is 53.5 Å². The lowest BCUT2D eigenvalue weighted by molar-refractivity contribution is -0.116. The predicted octanol–water partition coefficient (Wildman–Crippen LogP) is 3.96. The summed E-state index contributed by atoms with van der Waals surface area (Å²) < 4.78 is 6.51. The molecule has 3 rings (SSSR count). The summed E-state index contributed by atoms with van der Waals surface area (Å²) in [6.07, 6.45) is 1.58. The van der Waals surface area contributed by atoms with Gasteiger partial charge in [0.2, 0.25) is 5.91 Å². The van der Waals surface area contributed by atoms with E-state index in [9.17, 15) is 9.59 Å². The molecule has 1 N–H and O–H groups in total. The quantitative estimate of drug-likeness (QED) is 0.749. The molecule has 0 atom stereocenters. The third-order valence-corrected chi connectivity index (χ3v) is 4.16. The van der Waals surface area contributed by atoms with E-state index >= 15 is 0 Å². The zero-order chi connectivity index (χ0) is 18.0. The average Bonchev–Trinajstić information content (AvgIpc) is 2.58. The fraction of sp³-hybridized carbons (Fsp3) is 0.111. The molecule has 0 saturated heterocycles. The van der Waals surface area contributed by atoms with Gasteiger partial charge in [-0.1, -0.05) is 29.3 Å². The SMILES string of the molecule is COc1ccc(Cl)cc1NC(=O)Cn1ccc2ccc(Cl)cc2c1=O. The van der Waals surface area contributed by atoms with Crippen LogP contribution in [-0.4, -0.2) is 17.6 Å². The predicted molar refractivity (Wildman–Crippen MR) is 99.9 cm³/mol. The third kappa shape index (κ3) is 3.78. The summed E-state index contributed by atoms with van der Waals surface area (Å²) in [5.41, 5.74) is 0.157. The normalized spacial score (nSPS) is 10.7. The van der Waals surface area contributed by atoms with Gasteiger partial charge in [-0.3, -0.25) is 9.59 Å². The monoisotopic (exact) mass is 376 g/mol. The minimum atomic E-state index is -0.371. The minimum Gasteiger partial charge on any atom is -0.495 e. The maximum atomic E-state index is 12.5. The van der Waals surface area contributed by atoms with Crippen LogP contribution in [0.3, 0.4) is 0 Å². The van der Waals surface area contributed by atoms with Crippen molar-refractivity contribution >= 4 is 45.6 Å². The number of aromatic nitrogens is 1. The Morgan fingerprint density at radius 1 is 1.12 bits per heavy atom. The fourth-order valence-electron chi connectivity index (χ4n) is 2.50. The maximum absolute atomic E-state index is 12.5. The molecule has 7 heteroatoms. The molecule has 3 aromatic rings. The zero-order valence-corrected chi connectivity index (χ0v) is 14.8. The second kappa shape index (κ2) is 7.17. The Bertz CT molecular complexity index is 1010. The third-order valence-electron chi connectivity index (χ3n) is 3.69. The first-order valence-corrected chi connectivity index (χ1v) is 8.15. The summed E-state index contributed by atoms with van der Waals surface area (Å²) in [6, 6.07) is 11.7. The largest absolute Gasteiger partial charge is 0.495 e. The molecule has 2 aromatic carbocycles. The summed E-state index contributed by atoms with van der Waals surface area (Å²) in [5.74, 6) is 0.111. The van der Waals surface area contributed by atoms with Gasteiger partial charge in [0.15, 0.2) is 0 Å². The highest BCUT2D eigenvalue weighted by Crippen LogP contribution is 2.27. The van der Waals surface area contributed by atoms with Crippen molar-refractivity contribution in [2.75, 3.05) is 12.4 Å².